The Morgan fingerprint density at radius 1 is 1.38 bits per heavy atom. The summed E-state index contributed by atoms with van der Waals surface area (Å²) < 4.78 is 13.3. The van der Waals surface area contributed by atoms with Crippen LogP contribution in [-0.2, 0) is 0 Å². The van der Waals surface area contributed by atoms with Gasteiger partial charge in [0.25, 0.3) is 0 Å². The van der Waals surface area contributed by atoms with Crippen molar-refractivity contribution in [3.8, 4) is 0 Å². The van der Waals surface area contributed by atoms with Gasteiger partial charge in [-0.25, -0.2) is 4.39 Å². The number of hydrogen-bond acceptors (Lipinski definition) is 1. The lowest BCUT2D eigenvalue weighted by molar-refractivity contribution is 0.485. The van der Waals surface area contributed by atoms with Crippen LogP contribution in [0.5, 0.6) is 0 Å². The molecule has 0 aromatic heterocycles. The average molecular weight is 202 g/mol. The van der Waals surface area contributed by atoms with Crippen LogP contribution < -0.4 is 5.73 Å². The van der Waals surface area contributed by atoms with Crippen LogP contribution in [-0.4, -0.2) is 0 Å². The van der Waals surface area contributed by atoms with Crippen molar-refractivity contribution in [1.82, 2.24) is 0 Å². The van der Waals surface area contributed by atoms with E-state index in [1.165, 1.54) is 6.07 Å². The minimum absolute atomic E-state index is 0.218. The molecule has 0 bridgehead atoms. The van der Waals surface area contributed by atoms with E-state index in [9.17, 15) is 4.39 Å². The van der Waals surface area contributed by atoms with Gasteiger partial charge in [0.1, 0.15) is 5.82 Å². The van der Waals surface area contributed by atoms with Gasteiger partial charge in [0.2, 0.25) is 0 Å². The molecule has 0 spiro atoms. The van der Waals surface area contributed by atoms with Crippen LogP contribution in [0.15, 0.2) is 18.2 Å². The maximum Gasteiger partial charge on any atom is 0.129 e. The first-order chi connectivity index (χ1) is 6.02. The topological polar surface area (TPSA) is 26.0 Å². The first-order valence-electron chi connectivity index (χ1n) is 4.23. The lowest BCUT2D eigenvalue weighted by Crippen LogP contribution is -2.17. The predicted molar refractivity (Wildman–Crippen MR) is 53.2 cm³/mol. The van der Waals surface area contributed by atoms with E-state index in [2.05, 4.69) is 0 Å². The minimum atomic E-state index is -0.325. The van der Waals surface area contributed by atoms with Crippen molar-refractivity contribution in [2.45, 2.75) is 19.9 Å². The summed E-state index contributed by atoms with van der Waals surface area (Å²) in [5.74, 6) is -0.107. The molecule has 0 saturated carbocycles. The van der Waals surface area contributed by atoms with Crippen LogP contribution in [0.1, 0.15) is 25.5 Å². The van der Waals surface area contributed by atoms with Crippen molar-refractivity contribution in [3.05, 3.63) is 34.6 Å². The van der Waals surface area contributed by atoms with Gasteiger partial charge in [0.05, 0.1) is 0 Å². The Balaban J connectivity index is 3.01. The minimum Gasteiger partial charge on any atom is -0.324 e. The van der Waals surface area contributed by atoms with Crippen molar-refractivity contribution in [3.63, 3.8) is 0 Å². The highest BCUT2D eigenvalue weighted by molar-refractivity contribution is 6.30. The fourth-order valence-electron chi connectivity index (χ4n) is 1.13. The molecule has 0 amide bonds. The zero-order chi connectivity index (χ0) is 10.0. The van der Waals surface area contributed by atoms with Crippen molar-refractivity contribution in [2.24, 2.45) is 11.7 Å². The summed E-state index contributed by atoms with van der Waals surface area (Å²) >= 11 is 5.62. The molecule has 3 heteroatoms. The Bertz CT molecular complexity index is 299. The molecule has 1 nitrogen and oxygen atoms in total. The summed E-state index contributed by atoms with van der Waals surface area (Å²) in [7, 11) is 0. The second kappa shape index (κ2) is 4.07. The van der Waals surface area contributed by atoms with Crippen molar-refractivity contribution < 1.29 is 4.39 Å². The van der Waals surface area contributed by atoms with Crippen LogP contribution >= 0.6 is 11.6 Å². The van der Waals surface area contributed by atoms with Gasteiger partial charge in [0.15, 0.2) is 0 Å². The Morgan fingerprint density at radius 3 is 2.46 bits per heavy atom. The number of halogens is 2. The zero-order valence-electron chi connectivity index (χ0n) is 7.72. The van der Waals surface area contributed by atoms with E-state index >= 15 is 0 Å². The molecule has 2 N–H and O–H groups in total. The second-order valence-corrected chi connectivity index (χ2v) is 3.87. The Labute approximate surface area is 82.7 Å². The fraction of sp³-hybridized carbons (Fsp3) is 0.400. The molecular formula is C10H13ClFN. The van der Waals surface area contributed by atoms with Crippen LogP contribution in [0.4, 0.5) is 4.39 Å². The third kappa shape index (κ3) is 2.42. The van der Waals surface area contributed by atoms with E-state index in [4.69, 9.17) is 17.3 Å². The summed E-state index contributed by atoms with van der Waals surface area (Å²) in [5.41, 5.74) is 6.33. The summed E-state index contributed by atoms with van der Waals surface area (Å²) in [5, 5.41) is 0.400. The van der Waals surface area contributed by atoms with E-state index in [0.717, 1.165) is 0 Å². The molecule has 0 fully saturated rings. The lowest BCUT2D eigenvalue weighted by Gasteiger charge is -2.16. The average Bonchev–Trinajstić information content (AvgIpc) is 2.03. The molecule has 1 aromatic carbocycles. The first-order valence-corrected chi connectivity index (χ1v) is 4.60. The van der Waals surface area contributed by atoms with Crippen molar-refractivity contribution >= 4 is 11.6 Å². The number of rotatable bonds is 2. The van der Waals surface area contributed by atoms with Gasteiger partial charge in [-0.2, -0.15) is 0 Å². The van der Waals surface area contributed by atoms with E-state index in [-0.39, 0.29) is 17.8 Å². The summed E-state index contributed by atoms with van der Waals surface area (Å²) in [6.07, 6.45) is 0. The SMILES string of the molecule is CC(C)[C@@H](N)c1ccc(Cl)cc1F. The van der Waals surface area contributed by atoms with Crippen LogP contribution in [0.2, 0.25) is 5.02 Å². The third-order valence-corrected chi connectivity index (χ3v) is 2.27. The van der Waals surface area contributed by atoms with Gasteiger partial charge in [-0.1, -0.05) is 31.5 Å². The van der Waals surface area contributed by atoms with E-state index < -0.39 is 0 Å². The quantitative estimate of drug-likeness (QED) is 0.782. The molecule has 1 aromatic rings. The molecule has 1 atom stereocenters. The number of nitrogens with two attached hydrogens (primary N) is 1. The second-order valence-electron chi connectivity index (χ2n) is 3.44. The van der Waals surface area contributed by atoms with Crippen LogP contribution in [0.25, 0.3) is 0 Å². The lowest BCUT2D eigenvalue weighted by atomic mass is 9.97. The third-order valence-electron chi connectivity index (χ3n) is 2.04. The Morgan fingerprint density at radius 2 is 2.00 bits per heavy atom. The smallest absolute Gasteiger partial charge is 0.129 e. The number of benzene rings is 1. The Hall–Kier alpha value is -0.600. The highest BCUT2D eigenvalue weighted by Gasteiger charge is 2.14. The molecule has 0 unspecified atom stereocenters. The molecule has 0 aliphatic rings. The summed E-state index contributed by atoms with van der Waals surface area (Å²) in [6.45, 7) is 3.91. The van der Waals surface area contributed by atoms with Gasteiger partial charge < -0.3 is 5.73 Å². The standard InChI is InChI=1S/C10H13ClFN/c1-6(2)10(13)8-4-3-7(11)5-9(8)12/h3-6,10H,13H2,1-2H3/t10-/m1/s1. The normalized spacial score (nSPS) is 13.4. The van der Waals surface area contributed by atoms with Crippen molar-refractivity contribution in [1.29, 1.82) is 0 Å². The van der Waals surface area contributed by atoms with Crippen molar-refractivity contribution in [2.75, 3.05) is 0 Å². The largest absolute Gasteiger partial charge is 0.324 e. The van der Waals surface area contributed by atoms with Gasteiger partial charge in [-0.15, -0.1) is 0 Å². The van der Waals surface area contributed by atoms with Gasteiger partial charge in [-0.3, -0.25) is 0 Å². The monoisotopic (exact) mass is 201 g/mol. The molecule has 0 saturated heterocycles. The first kappa shape index (κ1) is 10.5. The van der Waals surface area contributed by atoms with Gasteiger partial charge in [0, 0.05) is 16.6 Å². The van der Waals surface area contributed by atoms with E-state index in [0.29, 0.717) is 10.6 Å². The molecule has 0 radical (unpaired) electrons. The van der Waals surface area contributed by atoms with Crippen LogP contribution in [0.3, 0.4) is 0 Å². The summed E-state index contributed by atoms with van der Waals surface area (Å²) in [4.78, 5) is 0. The van der Waals surface area contributed by atoms with Crippen LogP contribution in [0, 0.1) is 11.7 Å². The molecule has 1 rings (SSSR count). The maximum absolute atomic E-state index is 13.3. The molecular weight excluding hydrogens is 189 g/mol. The highest BCUT2D eigenvalue weighted by atomic mass is 35.5. The molecule has 0 heterocycles. The molecule has 0 aliphatic heterocycles. The fourth-order valence-corrected chi connectivity index (χ4v) is 1.29. The zero-order valence-corrected chi connectivity index (χ0v) is 8.48. The van der Waals surface area contributed by atoms with E-state index in [1.54, 1.807) is 12.1 Å². The molecule has 0 aliphatic carbocycles. The highest BCUT2D eigenvalue weighted by Crippen LogP contribution is 2.23. The maximum atomic E-state index is 13.3. The predicted octanol–water partition coefficient (Wildman–Crippen LogP) is 3.13. The molecule has 72 valence electrons. The van der Waals surface area contributed by atoms with E-state index in [1.807, 2.05) is 13.8 Å². The number of hydrogen-bond donors (Lipinski definition) is 1. The van der Waals surface area contributed by atoms with Gasteiger partial charge >= 0.3 is 0 Å². The van der Waals surface area contributed by atoms with Gasteiger partial charge in [-0.05, 0) is 18.1 Å². The molecule has 13 heavy (non-hydrogen) atoms. The Kier molecular flexibility index (Phi) is 3.28. The summed E-state index contributed by atoms with van der Waals surface area (Å²) in [6, 6.07) is 4.32.